The summed E-state index contributed by atoms with van der Waals surface area (Å²) in [5.41, 5.74) is 4.22. The predicted molar refractivity (Wildman–Crippen MR) is 106 cm³/mol. The smallest absolute Gasteiger partial charge is 0.264 e. The number of rotatable bonds is 0. The molecule has 7 heteroatoms. The van der Waals surface area contributed by atoms with Crippen LogP contribution in [0.15, 0.2) is 60.7 Å². The Balaban J connectivity index is 0.000000288. The van der Waals surface area contributed by atoms with Crippen LogP contribution in [0.2, 0.25) is 0 Å². The minimum atomic E-state index is -4.67. The highest BCUT2D eigenvalue weighted by Crippen LogP contribution is 2.40. The molecule has 2 heterocycles. The second-order valence-corrected chi connectivity index (χ2v) is 7.24. The molecule has 0 atom stereocenters. The number of pyridine rings is 2. The minimum Gasteiger partial charge on any atom is -0.264 e. The third kappa shape index (κ3) is 2.52. The molecular formula is C20H12N2O4S. The van der Waals surface area contributed by atoms with Gasteiger partial charge in [0, 0.05) is 21.5 Å². The molecule has 27 heavy (non-hydrogen) atoms. The minimum absolute atomic E-state index is 1.05. The molecule has 0 saturated heterocycles. The summed E-state index contributed by atoms with van der Waals surface area (Å²) >= 11 is 0. The Morgan fingerprint density at radius 2 is 0.926 bits per heavy atom. The lowest BCUT2D eigenvalue weighted by atomic mass is 9.94. The van der Waals surface area contributed by atoms with Gasteiger partial charge >= 0.3 is 10.4 Å². The fourth-order valence-corrected chi connectivity index (χ4v) is 3.84. The lowest BCUT2D eigenvalue weighted by molar-refractivity contribution is 0.381. The van der Waals surface area contributed by atoms with Gasteiger partial charge in [-0.1, -0.05) is 36.4 Å². The van der Waals surface area contributed by atoms with E-state index in [-0.39, 0.29) is 0 Å². The van der Waals surface area contributed by atoms with Gasteiger partial charge in [0.25, 0.3) is 0 Å². The van der Waals surface area contributed by atoms with Crippen LogP contribution in [0.25, 0.3) is 54.4 Å². The van der Waals surface area contributed by atoms with Gasteiger partial charge in [-0.05, 0) is 35.0 Å². The first kappa shape index (κ1) is 16.1. The fraction of sp³-hybridized carbons (Fsp3) is 0. The summed E-state index contributed by atoms with van der Waals surface area (Å²) in [6.07, 6.45) is 0. The summed E-state index contributed by atoms with van der Waals surface area (Å²) in [7, 11) is -4.67. The molecule has 0 spiro atoms. The Morgan fingerprint density at radius 1 is 0.556 bits per heavy atom. The molecule has 6 rings (SSSR count). The van der Waals surface area contributed by atoms with E-state index in [0.717, 1.165) is 22.1 Å². The van der Waals surface area contributed by atoms with Crippen LogP contribution >= 0.6 is 0 Å². The van der Waals surface area contributed by atoms with Gasteiger partial charge in [0.2, 0.25) is 0 Å². The summed E-state index contributed by atoms with van der Waals surface area (Å²) in [4.78, 5) is 9.81. The van der Waals surface area contributed by atoms with Crippen LogP contribution in [0.5, 0.6) is 0 Å². The molecule has 0 bridgehead atoms. The van der Waals surface area contributed by atoms with Crippen molar-refractivity contribution in [1.29, 1.82) is 0 Å². The normalized spacial score (nSPS) is 12.4. The maximum atomic E-state index is 8.74. The number of aromatic nitrogens is 2. The van der Waals surface area contributed by atoms with Gasteiger partial charge in [-0.25, -0.2) is 9.97 Å². The summed E-state index contributed by atoms with van der Waals surface area (Å²) in [6.45, 7) is 0. The fourth-order valence-electron chi connectivity index (χ4n) is 3.84. The van der Waals surface area contributed by atoms with Gasteiger partial charge in [0.15, 0.2) is 0 Å². The molecule has 2 N–H and O–H groups in total. The Labute approximate surface area is 153 Å². The maximum Gasteiger partial charge on any atom is 0.394 e. The molecule has 0 aliphatic rings. The molecule has 0 unspecified atom stereocenters. The molecule has 0 radical (unpaired) electrons. The van der Waals surface area contributed by atoms with Gasteiger partial charge in [0.05, 0.1) is 22.1 Å². The van der Waals surface area contributed by atoms with E-state index in [1.165, 1.54) is 32.3 Å². The number of hydrogen-bond donors (Lipinski definition) is 2. The molecule has 4 aromatic carbocycles. The molecule has 0 amide bonds. The Hall–Kier alpha value is -3.13. The highest BCUT2D eigenvalue weighted by molar-refractivity contribution is 7.79. The zero-order chi connectivity index (χ0) is 18.8. The van der Waals surface area contributed by atoms with Crippen LogP contribution in [0, 0.1) is 0 Å². The average Bonchev–Trinajstić information content (AvgIpc) is 2.62. The summed E-state index contributed by atoms with van der Waals surface area (Å²) in [6, 6.07) is 21.2. The van der Waals surface area contributed by atoms with E-state index in [4.69, 9.17) is 27.5 Å². The average molecular weight is 376 g/mol. The first-order valence-electron chi connectivity index (χ1n) is 8.15. The number of nitrogens with zero attached hydrogens (tertiary/aromatic N) is 2. The second kappa shape index (κ2) is 5.43. The van der Waals surface area contributed by atoms with Crippen molar-refractivity contribution in [1.82, 2.24) is 9.97 Å². The molecule has 6 nitrogen and oxygen atoms in total. The van der Waals surface area contributed by atoms with Crippen molar-refractivity contribution in [3.05, 3.63) is 60.7 Å². The third-order valence-electron chi connectivity index (χ3n) is 4.73. The van der Waals surface area contributed by atoms with Crippen LogP contribution in [-0.4, -0.2) is 27.5 Å². The van der Waals surface area contributed by atoms with Crippen LogP contribution < -0.4 is 0 Å². The highest BCUT2D eigenvalue weighted by atomic mass is 32.3. The molecule has 0 fully saturated rings. The van der Waals surface area contributed by atoms with E-state index in [2.05, 4.69) is 60.7 Å². The second-order valence-electron chi connectivity index (χ2n) is 6.34. The zero-order valence-electron chi connectivity index (χ0n) is 13.8. The number of hydrogen-bond acceptors (Lipinski definition) is 4. The lowest BCUT2D eigenvalue weighted by Crippen LogP contribution is -1.93. The van der Waals surface area contributed by atoms with E-state index in [1.54, 1.807) is 0 Å². The van der Waals surface area contributed by atoms with Crippen LogP contribution in [0.4, 0.5) is 0 Å². The van der Waals surface area contributed by atoms with E-state index in [9.17, 15) is 0 Å². The summed E-state index contributed by atoms with van der Waals surface area (Å²) < 4.78 is 31.6. The van der Waals surface area contributed by atoms with Crippen molar-refractivity contribution >= 4 is 64.8 Å². The largest absolute Gasteiger partial charge is 0.394 e. The van der Waals surface area contributed by atoms with E-state index in [1.807, 2.05) is 0 Å². The van der Waals surface area contributed by atoms with Crippen molar-refractivity contribution in [2.45, 2.75) is 0 Å². The summed E-state index contributed by atoms with van der Waals surface area (Å²) in [5.74, 6) is 0. The van der Waals surface area contributed by atoms with Gasteiger partial charge < -0.3 is 0 Å². The Bertz CT molecular complexity index is 1450. The molecular weight excluding hydrogens is 364 g/mol. The molecule has 2 aromatic heterocycles. The highest BCUT2D eigenvalue weighted by Gasteiger charge is 2.16. The van der Waals surface area contributed by atoms with Crippen LogP contribution in [0.1, 0.15) is 0 Å². The Morgan fingerprint density at radius 3 is 1.33 bits per heavy atom. The van der Waals surface area contributed by atoms with Crippen molar-refractivity contribution in [3.63, 3.8) is 0 Å². The summed E-state index contributed by atoms with van der Waals surface area (Å²) in [5, 5.41) is 7.44. The van der Waals surface area contributed by atoms with E-state index in [0.29, 0.717) is 0 Å². The standard InChI is InChI=1S/C20H10N2.H2O4S/c1-3-11-7-9-16-19-17(11)13(5-1)21-15-10-8-12-4-2-6-14(22-16)18(12)20(15)19;1-5(2,3)4/h1-10H;(H2,1,2,3,4). The first-order chi connectivity index (χ1) is 12.9. The van der Waals surface area contributed by atoms with Crippen molar-refractivity contribution in [2.24, 2.45) is 0 Å². The van der Waals surface area contributed by atoms with Crippen molar-refractivity contribution < 1.29 is 17.5 Å². The zero-order valence-corrected chi connectivity index (χ0v) is 14.6. The van der Waals surface area contributed by atoms with E-state index < -0.39 is 10.4 Å². The maximum absolute atomic E-state index is 8.74. The number of benzene rings is 4. The predicted octanol–water partition coefficient (Wildman–Crippen LogP) is 4.47. The molecule has 0 aliphatic carbocycles. The van der Waals surface area contributed by atoms with E-state index >= 15 is 0 Å². The third-order valence-corrected chi connectivity index (χ3v) is 4.73. The van der Waals surface area contributed by atoms with Gasteiger partial charge in [-0.2, -0.15) is 8.42 Å². The van der Waals surface area contributed by atoms with Gasteiger partial charge in [-0.3, -0.25) is 9.11 Å². The molecule has 6 aromatic rings. The molecule has 0 aliphatic heterocycles. The van der Waals surface area contributed by atoms with Crippen molar-refractivity contribution in [2.75, 3.05) is 0 Å². The first-order valence-corrected chi connectivity index (χ1v) is 9.55. The van der Waals surface area contributed by atoms with Gasteiger partial charge in [-0.15, -0.1) is 0 Å². The van der Waals surface area contributed by atoms with Crippen LogP contribution in [0.3, 0.4) is 0 Å². The lowest BCUT2D eigenvalue weighted by Gasteiger charge is -2.15. The van der Waals surface area contributed by atoms with Gasteiger partial charge in [0.1, 0.15) is 0 Å². The molecule has 0 saturated carbocycles. The Kier molecular flexibility index (Phi) is 3.23. The SMILES string of the molecule is O=S(=O)(O)O.c1cc2ccc3nc4cccc5ccc6nc(c1)c2c3c6c54. The molecule has 132 valence electrons. The topological polar surface area (TPSA) is 100 Å². The quantitative estimate of drug-likeness (QED) is 0.230. The van der Waals surface area contributed by atoms with Crippen LogP contribution in [-0.2, 0) is 10.4 Å². The monoisotopic (exact) mass is 376 g/mol. The van der Waals surface area contributed by atoms with Crippen molar-refractivity contribution in [3.8, 4) is 0 Å².